The molecular formula is C37H50N4O8. The number of hydrogen-bond acceptors (Lipinski definition) is 9. The van der Waals surface area contributed by atoms with Crippen LogP contribution < -0.4 is 20.1 Å². The van der Waals surface area contributed by atoms with Crippen molar-refractivity contribution < 1.29 is 38.1 Å². The normalized spacial score (nSPS) is 32.1. The van der Waals surface area contributed by atoms with Gasteiger partial charge in [0.15, 0.2) is 0 Å². The molecule has 266 valence electrons. The molecule has 4 aliphatic carbocycles. The number of nitriles is 1. The number of methoxy groups -OCH3 is 2. The van der Waals surface area contributed by atoms with Gasteiger partial charge in [-0.25, -0.2) is 4.79 Å². The average molecular weight is 679 g/mol. The Bertz CT molecular complexity index is 1550. The standard InChI is InChI=1S/C37H50N4O8/c1-35(2,3)49-34(45)41-24-16-23-27(28(24)32(43)39-19-36(4)11-8-12-36)29(30(23)41)40-31(42)22-17-25(20(18-38)15-26(22)46-6)48-21-9-13-37(5,14-10-21)33(44)47-7/h15,17,21,23-24,27-30H,8-14,16,19H2,1-7H3,(H,39,43)(H,40,42)/t21-,23?,24-,27?,28+,29+,30?,37+/m1/s1. The number of carbonyl (C=O) groups is 4. The van der Waals surface area contributed by atoms with E-state index in [9.17, 15) is 24.4 Å². The van der Waals surface area contributed by atoms with Crippen molar-refractivity contribution in [3.63, 3.8) is 0 Å². The minimum atomic E-state index is -0.722. The monoisotopic (exact) mass is 678 g/mol. The first-order valence-corrected chi connectivity index (χ1v) is 17.6. The van der Waals surface area contributed by atoms with Crippen molar-refractivity contribution in [2.75, 3.05) is 20.8 Å². The Labute approximate surface area is 288 Å². The number of nitrogens with one attached hydrogen (secondary N) is 2. The number of nitrogens with zero attached hydrogens (tertiary/aromatic N) is 2. The zero-order valence-corrected chi connectivity index (χ0v) is 29.7. The van der Waals surface area contributed by atoms with Gasteiger partial charge in [0, 0.05) is 18.7 Å². The number of likely N-dealkylation sites (tertiary alicyclic amines) is 1. The van der Waals surface area contributed by atoms with Crippen LogP contribution >= 0.6 is 0 Å². The number of esters is 1. The highest BCUT2D eigenvalue weighted by Gasteiger charge is 2.73. The third-order valence-corrected chi connectivity index (χ3v) is 11.9. The molecule has 3 amide bonds. The number of piperidine rings is 2. The van der Waals surface area contributed by atoms with Gasteiger partial charge in [-0.3, -0.25) is 19.3 Å². The van der Waals surface area contributed by atoms with Crippen LogP contribution in [-0.2, 0) is 19.1 Å². The minimum absolute atomic E-state index is 0.0709. The van der Waals surface area contributed by atoms with E-state index < -0.39 is 35.0 Å². The van der Waals surface area contributed by atoms with Crippen LogP contribution in [0.1, 0.15) is 102 Å². The summed E-state index contributed by atoms with van der Waals surface area (Å²) in [6, 6.07) is 4.11. The van der Waals surface area contributed by atoms with Crippen LogP contribution in [0.5, 0.6) is 11.5 Å². The summed E-state index contributed by atoms with van der Waals surface area (Å²) in [5.74, 6) is -0.836. The molecule has 12 nitrogen and oxygen atoms in total. The number of carbonyl (C=O) groups excluding carboxylic acids is 4. The average Bonchev–Trinajstić information content (AvgIpc) is 3.56. The fourth-order valence-electron chi connectivity index (χ4n) is 8.97. The Morgan fingerprint density at radius 1 is 1.04 bits per heavy atom. The second kappa shape index (κ2) is 12.7. The van der Waals surface area contributed by atoms with Gasteiger partial charge in [-0.05, 0) is 96.0 Å². The third kappa shape index (κ3) is 6.30. The van der Waals surface area contributed by atoms with Crippen LogP contribution in [0, 0.1) is 39.9 Å². The van der Waals surface area contributed by atoms with E-state index in [1.807, 2.05) is 27.7 Å². The van der Waals surface area contributed by atoms with E-state index in [2.05, 4.69) is 23.6 Å². The number of benzene rings is 1. The maximum absolute atomic E-state index is 14.1. The van der Waals surface area contributed by atoms with Crippen LogP contribution in [0.2, 0.25) is 0 Å². The number of fused-ring (bicyclic) bond motifs is 1. The van der Waals surface area contributed by atoms with E-state index >= 15 is 0 Å². The maximum atomic E-state index is 14.1. The topological polar surface area (TPSA) is 156 Å². The van der Waals surface area contributed by atoms with Gasteiger partial charge in [0.05, 0.1) is 54.9 Å². The highest BCUT2D eigenvalue weighted by molar-refractivity contribution is 5.98. The molecule has 5 aliphatic rings. The lowest BCUT2D eigenvalue weighted by molar-refractivity contribution is -0.154. The molecule has 6 atom stereocenters. The summed E-state index contributed by atoms with van der Waals surface area (Å²) in [5.41, 5.74) is -0.801. The summed E-state index contributed by atoms with van der Waals surface area (Å²) >= 11 is 0. The van der Waals surface area contributed by atoms with Crippen molar-refractivity contribution in [3.8, 4) is 17.6 Å². The highest BCUT2D eigenvalue weighted by Crippen LogP contribution is 2.61. The van der Waals surface area contributed by atoms with E-state index in [0.717, 1.165) is 19.3 Å². The van der Waals surface area contributed by atoms with Crippen LogP contribution in [0.15, 0.2) is 12.1 Å². The second-order valence-corrected chi connectivity index (χ2v) is 16.4. The van der Waals surface area contributed by atoms with Crippen molar-refractivity contribution in [2.45, 2.75) is 116 Å². The molecule has 12 heteroatoms. The van der Waals surface area contributed by atoms with Gasteiger partial charge in [0.1, 0.15) is 23.2 Å². The molecule has 1 aromatic rings. The van der Waals surface area contributed by atoms with Gasteiger partial charge in [-0.15, -0.1) is 0 Å². The van der Waals surface area contributed by atoms with E-state index in [-0.39, 0.29) is 69.9 Å². The Balaban J connectivity index is 1.22. The van der Waals surface area contributed by atoms with E-state index in [1.165, 1.54) is 26.4 Å². The predicted octanol–water partition coefficient (Wildman–Crippen LogP) is 4.73. The van der Waals surface area contributed by atoms with Crippen molar-refractivity contribution in [3.05, 3.63) is 23.3 Å². The summed E-state index contributed by atoms with van der Waals surface area (Å²) in [5, 5.41) is 16.3. The number of ether oxygens (including phenoxy) is 4. The van der Waals surface area contributed by atoms with Crippen molar-refractivity contribution in [1.82, 2.24) is 15.5 Å². The third-order valence-electron chi connectivity index (χ3n) is 11.9. The van der Waals surface area contributed by atoms with E-state index in [1.54, 1.807) is 4.90 Å². The van der Waals surface area contributed by atoms with E-state index in [0.29, 0.717) is 38.6 Å². The highest BCUT2D eigenvalue weighted by atomic mass is 16.6. The first-order valence-electron chi connectivity index (χ1n) is 17.6. The lowest BCUT2D eigenvalue weighted by Crippen LogP contribution is -2.74. The minimum Gasteiger partial charge on any atom is -0.496 e. The quantitative estimate of drug-likeness (QED) is 0.353. The molecule has 6 rings (SSSR count). The number of rotatable bonds is 9. The van der Waals surface area contributed by atoms with Gasteiger partial charge in [0.25, 0.3) is 5.91 Å². The molecule has 3 unspecified atom stereocenters. The zero-order chi connectivity index (χ0) is 35.5. The molecule has 49 heavy (non-hydrogen) atoms. The second-order valence-electron chi connectivity index (χ2n) is 16.4. The summed E-state index contributed by atoms with van der Waals surface area (Å²) in [4.78, 5) is 55.5. The van der Waals surface area contributed by atoms with E-state index in [4.69, 9.17) is 18.9 Å². The Kier molecular flexibility index (Phi) is 9.03. The molecule has 2 N–H and O–H groups in total. The molecule has 2 bridgehead atoms. The molecule has 0 radical (unpaired) electrons. The zero-order valence-electron chi connectivity index (χ0n) is 29.7. The largest absolute Gasteiger partial charge is 0.496 e. The smallest absolute Gasteiger partial charge is 0.410 e. The first kappa shape index (κ1) is 34.8. The van der Waals surface area contributed by atoms with Crippen LogP contribution in [0.4, 0.5) is 4.79 Å². The Morgan fingerprint density at radius 3 is 2.31 bits per heavy atom. The lowest BCUT2D eigenvalue weighted by atomic mass is 9.61. The predicted molar refractivity (Wildman–Crippen MR) is 178 cm³/mol. The van der Waals surface area contributed by atoms with Gasteiger partial charge in [0.2, 0.25) is 5.91 Å². The molecule has 4 saturated carbocycles. The molecular weight excluding hydrogens is 628 g/mol. The molecule has 0 aromatic heterocycles. The lowest BCUT2D eigenvalue weighted by Gasteiger charge is -2.57. The molecule has 5 fully saturated rings. The van der Waals surface area contributed by atoms with Gasteiger partial charge in [-0.2, -0.15) is 5.26 Å². The SMILES string of the molecule is COc1cc(C#N)c(O[C@H]2CC[C@@](C)(C(=O)OC)CC2)cc1C(=O)N[C@H]1C2C3C[C@H]([C@@H]2C(=O)NCC2(C)CCC2)N(C(=O)OC(C)(C)C)C31. The molecule has 0 spiro atoms. The fourth-order valence-corrected chi connectivity index (χ4v) is 8.97. The number of amides is 3. The van der Waals surface area contributed by atoms with Crippen molar-refractivity contribution >= 4 is 23.9 Å². The molecule has 1 saturated heterocycles. The summed E-state index contributed by atoms with van der Waals surface area (Å²) in [6.07, 6.45) is 5.58. The summed E-state index contributed by atoms with van der Waals surface area (Å²) < 4.78 is 22.7. The van der Waals surface area contributed by atoms with Gasteiger partial charge in [-0.1, -0.05) is 13.3 Å². The fraction of sp³-hybridized carbons (Fsp3) is 0.703. The Morgan fingerprint density at radius 2 is 1.73 bits per heavy atom. The maximum Gasteiger partial charge on any atom is 0.410 e. The first-order chi connectivity index (χ1) is 23.1. The van der Waals surface area contributed by atoms with Gasteiger partial charge < -0.3 is 29.6 Å². The summed E-state index contributed by atoms with van der Waals surface area (Å²) in [6.45, 7) is 10.1. The summed E-state index contributed by atoms with van der Waals surface area (Å²) in [7, 11) is 2.82. The van der Waals surface area contributed by atoms with Crippen molar-refractivity contribution in [1.29, 1.82) is 5.26 Å². The van der Waals surface area contributed by atoms with Crippen LogP contribution in [0.25, 0.3) is 0 Å². The van der Waals surface area contributed by atoms with Crippen LogP contribution in [-0.4, -0.2) is 79.4 Å². The Hall–Kier alpha value is -4.01. The van der Waals surface area contributed by atoms with Gasteiger partial charge >= 0.3 is 12.1 Å². The molecule has 1 aliphatic heterocycles. The van der Waals surface area contributed by atoms with Crippen LogP contribution in [0.3, 0.4) is 0 Å². The molecule has 1 heterocycles. The van der Waals surface area contributed by atoms with Crippen molar-refractivity contribution in [2.24, 2.45) is 28.6 Å². The number of hydrogen-bond donors (Lipinski definition) is 2. The molecule has 1 aromatic carbocycles.